The molecule has 0 heterocycles. The molecule has 0 aromatic heterocycles. The Morgan fingerprint density at radius 2 is 1.86 bits per heavy atom. The van der Waals surface area contributed by atoms with Gasteiger partial charge < -0.3 is 10.5 Å². The van der Waals surface area contributed by atoms with Gasteiger partial charge in [0.1, 0.15) is 16.8 Å². The predicted octanol–water partition coefficient (Wildman–Crippen LogP) is 2.24. The van der Waals surface area contributed by atoms with Crippen molar-refractivity contribution < 1.29 is 23.3 Å². The smallest absolute Gasteiger partial charge is 0.191 e. The second-order valence-electron chi connectivity index (χ2n) is 4.63. The van der Waals surface area contributed by atoms with Crippen LogP contribution in [0.25, 0.3) is 0 Å². The monoisotopic (exact) mass is 344 g/mol. The molecule has 0 saturated carbocycles. The molecule has 0 bridgehead atoms. The highest BCUT2D eigenvalue weighted by Crippen LogP contribution is 2.34. The first-order valence-electron chi connectivity index (χ1n) is 6.53. The molecule has 4 nitrogen and oxygen atoms in total. The van der Waals surface area contributed by atoms with Gasteiger partial charge in [-0.3, -0.25) is 0 Å². The van der Waals surface area contributed by atoms with Crippen molar-refractivity contribution in [2.24, 2.45) is 0 Å². The Morgan fingerprint density at radius 1 is 1.23 bits per heavy atom. The van der Waals surface area contributed by atoms with Gasteiger partial charge in [-0.15, -0.1) is 0 Å². The first-order valence-corrected chi connectivity index (χ1v) is 8.45. The Kier molecular flexibility index (Phi) is 5.05. The van der Waals surface area contributed by atoms with Crippen LogP contribution in [0.5, 0.6) is 5.75 Å². The Morgan fingerprint density at radius 3 is 2.36 bits per heavy atom. The van der Waals surface area contributed by atoms with E-state index in [0.29, 0.717) is 5.75 Å². The van der Waals surface area contributed by atoms with Crippen LogP contribution in [0.3, 0.4) is 0 Å². The fourth-order valence-electron chi connectivity index (χ4n) is 2.20. The van der Waals surface area contributed by atoms with Gasteiger partial charge in [-0.2, -0.15) is 0 Å². The van der Waals surface area contributed by atoms with Crippen LogP contribution in [0.2, 0.25) is 5.02 Å². The molecule has 0 spiro atoms. The molecule has 0 fully saturated rings. The molecule has 118 valence electrons. The second kappa shape index (κ2) is 6.64. The number of hydrogen-bond acceptors (Lipinski definition) is 3. The van der Waals surface area contributed by atoms with Crippen molar-refractivity contribution >= 4 is 21.4 Å². The van der Waals surface area contributed by atoms with Crippen LogP contribution in [-0.4, -0.2) is 22.1 Å². The van der Waals surface area contributed by atoms with Gasteiger partial charge in [0.15, 0.2) is 9.84 Å². The Balaban J connectivity index is 2.53. The van der Waals surface area contributed by atoms with Gasteiger partial charge in [-0.05, 0) is 36.4 Å². The molecule has 0 saturated heterocycles. The lowest BCUT2D eigenvalue weighted by molar-refractivity contribution is -0.367. The average Bonchev–Trinajstić information content (AvgIpc) is 2.51. The zero-order valence-corrected chi connectivity index (χ0v) is 13.5. The summed E-state index contributed by atoms with van der Waals surface area (Å²) < 4.78 is 44.6. The molecule has 3 N–H and O–H groups in total. The molecule has 0 aliphatic heterocycles. The lowest BCUT2D eigenvalue weighted by atomic mass is 10.1. The van der Waals surface area contributed by atoms with Crippen molar-refractivity contribution in [1.82, 2.24) is 0 Å². The van der Waals surface area contributed by atoms with E-state index in [1.54, 1.807) is 0 Å². The maximum atomic E-state index is 14.1. The fraction of sp³-hybridized carbons (Fsp3) is 0.200. The van der Waals surface area contributed by atoms with Gasteiger partial charge in [-0.1, -0.05) is 17.7 Å². The summed E-state index contributed by atoms with van der Waals surface area (Å²) in [4.78, 5) is 0.0706. The molecule has 7 heteroatoms. The summed E-state index contributed by atoms with van der Waals surface area (Å²) in [5.74, 6) is -0.118. The van der Waals surface area contributed by atoms with Crippen LogP contribution in [0, 0.1) is 5.82 Å². The number of rotatable bonds is 5. The van der Waals surface area contributed by atoms with E-state index in [-0.39, 0.29) is 22.0 Å². The summed E-state index contributed by atoms with van der Waals surface area (Å²) in [5.41, 5.74) is 3.59. The molecule has 2 rings (SSSR count). The van der Waals surface area contributed by atoms with Gasteiger partial charge in [0.05, 0.1) is 18.6 Å². The lowest BCUT2D eigenvalue weighted by Gasteiger charge is -2.17. The van der Waals surface area contributed by atoms with Crippen LogP contribution in [-0.2, 0) is 9.84 Å². The number of halogens is 2. The van der Waals surface area contributed by atoms with E-state index in [1.807, 2.05) is 0 Å². The zero-order valence-electron chi connectivity index (χ0n) is 11.9. The van der Waals surface area contributed by atoms with Crippen molar-refractivity contribution in [2.75, 3.05) is 13.7 Å². The van der Waals surface area contributed by atoms with Crippen molar-refractivity contribution in [3.63, 3.8) is 0 Å². The minimum atomic E-state index is -3.82. The highest BCUT2D eigenvalue weighted by atomic mass is 35.5. The third kappa shape index (κ3) is 3.09. The molecule has 2 aromatic rings. The van der Waals surface area contributed by atoms with Crippen LogP contribution >= 0.6 is 11.6 Å². The molecule has 0 amide bonds. The minimum absolute atomic E-state index is 0.0327. The predicted molar refractivity (Wildman–Crippen MR) is 82.1 cm³/mol. The lowest BCUT2D eigenvalue weighted by Crippen LogP contribution is -2.54. The molecule has 22 heavy (non-hydrogen) atoms. The first-order chi connectivity index (χ1) is 10.4. The number of benzene rings is 2. The number of sulfone groups is 1. The van der Waals surface area contributed by atoms with Crippen molar-refractivity contribution in [3.8, 4) is 5.75 Å². The van der Waals surface area contributed by atoms with E-state index in [1.165, 1.54) is 49.6 Å². The summed E-state index contributed by atoms with van der Waals surface area (Å²) in [6.45, 7) is -0.0327. The summed E-state index contributed by atoms with van der Waals surface area (Å²) in [5, 5.41) is -1.07. The van der Waals surface area contributed by atoms with E-state index < -0.39 is 20.9 Å². The highest BCUT2D eigenvalue weighted by Gasteiger charge is 2.33. The Hall–Kier alpha value is -1.63. The molecule has 0 aliphatic carbocycles. The summed E-state index contributed by atoms with van der Waals surface area (Å²) in [7, 11) is -2.33. The van der Waals surface area contributed by atoms with E-state index in [0.717, 1.165) is 0 Å². The molecule has 1 atom stereocenters. The topological polar surface area (TPSA) is 71.0 Å². The number of quaternary nitrogens is 1. The SMILES string of the molecule is COc1ccc(S(=O)(=O)[C@H](C[NH3+])c2c(F)cccc2Cl)cc1. The first kappa shape index (κ1) is 16.7. The molecule has 2 aromatic carbocycles. The largest absolute Gasteiger partial charge is 0.497 e. The third-order valence-electron chi connectivity index (χ3n) is 3.35. The van der Waals surface area contributed by atoms with E-state index in [4.69, 9.17) is 16.3 Å². The van der Waals surface area contributed by atoms with Crippen molar-refractivity contribution in [3.05, 3.63) is 58.9 Å². The van der Waals surface area contributed by atoms with Crippen molar-refractivity contribution in [1.29, 1.82) is 0 Å². The van der Waals surface area contributed by atoms with Crippen molar-refractivity contribution in [2.45, 2.75) is 10.1 Å². The quantitative estimate of drug-likeness (QED) is 0.904. The maximum Gasteiger partial charge on any atom is 0.191 e. The summed E-state index contributed by atoms with van der Waals surface area (Å²) >= 11 is 5.99. The van der Waals surface area contributed by atoms with Crippen LogP contribution in [0.15, 0.2) is 47.4 Å². The highest BCUT2D eigenvalue weighted by molar-refractivity contribution is 7.91. The van der Waals surface area contributed by atoms with Gasteiger partial charge in [0.2, 0.25) is 0 Å². The number of ether oxygens (including phenoxy) is 1. The Labute approximate surface area is 133 Å². The third-order valence-corrected chi connectivity index (χ3v) is 5.83. The molecule has 0 unspecified atom stereocenters. The molecular weight excluding hydrogens is 329 g/mol. The second-order valence-corrected chi connectivity index (χ2v) is 7.17. The van der Waals surface area contributed by atoms with Gasteiger partial charge in [0, 0.05) is 10.6 Å². The fourth-order valence-corrected chi connectivity index (χ4v) is 4.27. The van der Waals surface area contributed by atoms with Gasteiger partial charge in [0.25, 0.3) is 0 Å². The number of methoxy groups -OCH3 is 1. The maximum absolute atomic E-state index is 14.1. The Bertz CT molecular complexity index is 743. The van der Waals surface area contributed by atoms with Gasteiger partial charge in [-0.25, -0.2) is 12.8 Å². The minimum Gasteiger partial charge on any atom is -0.497 e. The van der Waals surface area contributed by atoms with E-state index in [9.17, 15) is 12.8 Å². The van der Waals surface area contributed by atoms with Crippen LogP contribution in [0.4, 0.5) is 4.39 Å². The zero-order chi connectivity index (χ0) is 16.3. The van der Waals surface area contributed by atoms with Crippen LogP contribution < -0.4 is 10.5 Å². The summed E-state index contributed by atoms with van der Waals surface area (Å²) in [6, 6.07) is 10.0. The molecule has 0 aliphatic rings. The molecule has 0 radical (unpaired) electrons. The standard InChI is InChI=1S/C15H15ClFNO3S/c1-21-10-5-7-11(8-6-10)22(19,20)14(9-18)15-12(16)3-2-4-13(15)17/h2-8,14H,9,18H2,1H3/p+1/t14-/m1/s1. The number of hydrogen-bond donors (Lipinski definition) is 1. The molecular formula is C15H16ClFNO3S+. The van der Waals surface area contributed by atoms with E-state index in [2.05, 4.69) is 5.73 Å². The normalized spacial score (nSPS) is 12.9. The average molecular weight is 345 g/mol. The van der Waals surface area contributed by atoms with E-state index >= 15 is 0 Å². The van der Waals surface area contributed by atoms with Crippen LogP contribution in [0.1, 0.15) is 10.8 Å². The summed E-state index contributed by atoms with van der Waals surface area (Å²) in [6.07, 6.45) is 0. The van der Waals surface area contributed by atoms with Gasteiger partial charge >= 0.3 is 0 Å².